The SMILES string of the molecule is CC(=O)N(CCNS(C)(=O)=O)CCC(C)C. The van der Waals surface area contributed by atoms with E-state index in [1.807, 2.05) is 0 Å². The molecule has 0 spiro atoms. The number of carbonyl (C=O) groups is 1. The largest absolute Gasteiger partial charge is 0.342 e. The van der Waals surface area contributed by atoms with Gasteiger partial charge in [0.15, 0.2) is 0 Å². The van der Waals surface area contributed by atoms with Gasteiger partial charge in [-0.15, -0.1) is 0 Å². The molecule has 0 aromatic rings. The zero-order valence-electron chi connectivity index (χ0n) is 10.5. The van der Waals surface area contributed by atoms with Gasteiger partial charge in [-0.05, 0) is 12.3 Å². The molecule has 0 fully saturated rings. The van der Waals surface area contributed by atoms with E-state index in [9.17, 15) is 13.2 Å². The molecule has 0 rings (SSSR count). The Balaban J connectivity index is 4.00. The van der Waals surface area contributed by atoms with Gasteiger partial charge in [0.05, 0.1) is 6.26 Å². The zero-order chi connectivity index (χ0) is 12.8. The van der Waals surface area contributed by atoms with Crippen LogP contribution in [0.25, 0.3) is 0 Å². The number of rotatable bonds is 7. The van der Waals surface area contributed by atoms with Crippen LogP contribution in [0.4, 0.5) is 0 Å². The Hall–Kier alpha value is -0.620. The van der Waals surface area contributed by atoms with Crippen molar-refractivity contribution in [2.75, 3.05) is 25.9 Å². The number of hydrogen-bond acceptors (Lipinski definition) is 3. The first-order chi connectivity index (χ1) is 7.22. The molecule has 5 nitrogen and oxygen atoms in total. The Bertz CT molecular complexity index is 312. The van der Waals surface area contributed by atoms with Crippen molar-refractivity contribution in [3.05, 3.63) is 0 Å². The normalized spacial score (nSPS) is 11.8. The number of hydrogen-bond donors (Lipinski definition) is 1. The minimum absolute atomic E-state index is 0.0176. The molecular formula is C10H22N2O3S. The van der Waals surface area contributed by atoms with Crippen LogP contribution in [0.1, 0.15) is 27.2 Å². The molecule has 1 amide bonds. The Morgan fingerprint density at radius 2 is 1.88 bits per heavy atom. The number of nitrogens with zero attached hydrogens (tertiary/aromatic N) is 1. The Labute approximate surface area is 98.3 Å². The fraction of sp³-hybridized carbons (Fsp3) is 0.900. The quantitative estimate of drug-likeness (QED) is 0.712. The fourth-order valence-electron chi connectivity index (χ4n) is 1.21. The van der Waals surface area contributed by atoms with Crippen LogP contribution >= 0.6 is 0 Å². The van der Waals surface area contributed by atoms with E-state index in [1.54, 1.807) is 4.90 Å². The maximum Gasteiger partial charge on any atom is 0.219 e. The molecule has 0 saturated carbocycles. The topological polar surface area (TPSA) is 66.5 Å². The summed E-state index contributed by atoms with van der Waals surface area (Å²) in [4.78, 5) is 12.9. The summed E-state index contributed by atoms with van der Waals surface area (Å²) >= 11 is 0. The molecule has 0 aliphatic rings. The van der Waals surface area contributed by atoms with Crippen molar-refractivity contribution in [2.45, 2.75) is 27.2 Å². The van der Waals surface area contributed by atoms with E-state index < -0.39 is 10.0 Å². The molecule has 0 aliphatic carbocycles. The van der Waals surface area contributed by atoms with Gasteiger partial charge in [-0.3, -0.25) is 4.79 Å². The zero-order valence-corrected chi connectivity index (χ0v) is 11.3. The smallest absolute Gasteiger partial charge is 0.219 e. The third-order valence-corrected chi connectivity index (χ3v) is 2.90. The molecule has 0 aromatic carbocycles. The molecule has 0 saturated heterocycles. The molecule has 0 heterocycles. The lowest BCUT2D eigenvalue weighted by atomic mass is 10.1. The first-order valence-corrected chi connectivity index (χ1v) is 7.31. The van der Waals surface area contributed by atoms with Crippen molar-refractivity contribution in [3.63, 3.8) is 0 Å². The molecule has 0 unspecified atom stereocenters. The highest BCUT2D eigenvalue weighted by molar-refractivity contribution is 7.88. The highest BCUT2D eigenvalue weighted by Gasteiger charge is 2.10. The van der Waals surface area contributed by atoms with Gasteiger partial charge < -0.3 is 4.90 Å². The third-order valence-electron chi connectivity index (χ3n) is 2.17. The summed E-state index contributed by atoms with van der Waals surface area (Å²) in [6, 6.07) is 0. The van der Waals surface area contributed by atoms with E-state index in [4.69, 9.17) is 0 Å². The highest BCUT2D eigenvalue weighted by Crippen LogP contribution is 2.02. The molecule has 1 N–H and O–H groups in total. The second kappa shape index (κ2) is 6.85. The standard InChI is InChI=1S/C10H22N2O3S/c1-9(2)5-7-12(10(3)13)8-6-11-16(4,14)15/h9,11H,5-8H2,1-4H3. The predicted molar refractivity (Wildman–Crippen MR) is 64.6 cm³/mol. The van der Waals surface area contributed by atoms with E-state index in [2.05, 4.69) is 18.6 Å². The van der Waals surface area contributed by atoms with Gasteiger partial charge in [0, 0.05) is 26.6 Å². The average Bonchev–Trinajstić information content (AvgIpc) is 2.07. The lowest BCUT2D eigenvalue weighted by Gasteiger charge is -2.21. The van der Waals surface area contributed by atoms with Gasteiger partial charge in [0.25, 0.3) is 0 Å². The number of nitrogens with one attached hydrogen (secondary N) is 1. The monoisotopic (exact) mass is 250 g/mol. The molecule has 16 heavy (non-hydrogen) atoms. The van der Waals surface area contributed by atoms with E-state index in [1.165, 1.54) is 6.92 Å². The van der Waals surface area contributed by atoms with Crippen molar-refractivity contribution in [2.24, 2.45) is 5.92 Å². The van der Waals surface area contributed by atoms with Crippen LogP contribution in [-0.4, -0.2) is 45.1 Å². The summed E-state index contributed by atoms with van der Waals surface area (Å²) in [5, 5.41) is 0. The maximum atomic E-state index is 11.3. The maximum absolute atomic E-state index is 11.3. The number of carbonyl (C=O) groups excluding carboxylic acids is 1. The first-order valence-electron chi connectivity index (χ1n) is 5.42. The summed E-state index contributed by atoms with van der Waals surface area (Å²) < 4.78 is 24.0. The lowest BCUT2D eigenvalue weighted by molar-refractivity contribution is -0.128. The summed E-state index contributed by atoms with van der Waals surface area (Å²) in [6.07, 6.45) is 2.04. The van der Waals surface area contributed by atoms with Crippen LogP contribution in [0.2, 0.25) is 0 Å². The molecule has 0 aromatic heterocycles. The van der Waals surface area contributed by atoms with Gasteiger partial charge in [0.2, 0.25) is 15.9 Å². The van der Waals surface area contributed by atoms with Crippen LogP contribution in [0.5, 0.6) is 0 Å². The van der Waals surface area contributed by atoms with Crippen molar-refractivity contribution in [1.82, 2.24) is 9.62 Å². The van der Waals surface area contributed by atoms with Gasteiger partial charge in [-0.25, -0.2) is 13.1 Å². The highest BCUT2D eigenvalue weighted by atomic mass is 32.2. The number of sulfonamides is 1. The Morgan fingerprint density at radius 3 is 2.25 bits per heavy atom. The average molecular weight is 250 g/mol. The van der Waals surface area contributed by atoms with Gasteiger partial charge in [-0.1, -0.05) is 13.8 Å². The summed E-state index contributed by atoms with van der Waals surface area (Å²) in [5.41, 5.74) is 0. The molecule has 0 radical (unpaired) electrons. The van der Waals surface area contributed by atoms with Crippen molar-refractivity contribution in [3.8, 4) is 0 Å². The predicted octanol–water partition coefficient (Wildman–Crippen LogP) is 0.430. The summed E-state index contributed by atoms with van der Waals surface area (Å²) in [6.45, 7) is 7.06. The second-order valence-corrected chi connectivity index (χ2v) is 6.19. The van der Waals surface area contributed by atoms with E-state index in [0.717, 1.165) is 12.7 Å². The molecular weight excluding hydrogens is 228 g/mol. The van der Waals surface area contributed by atoms with E-state index in [0.29, 0.717) is 19.0 Å². The summed E-state index contributed by atoms with van der Waals surface area (Å²) in [7, 11) is -3.16. The molecule has 0 atom stereocenters. The van der Waals surface area contributed by atoms with E-state index >= 15 is 0 Å². The Kier molecular flexibility index (Phi) is 6.59. The molecule has 6 heteroatoms. The third kappa shape index (κ3) is 8.67. The summed E-state index contributed by atoms with van der Waals surface area (Å²) in [5.74, 6) is 0.515. The molecule has 0 aliphatic heterocycles. The molecule has 96 valence electrons. The van der Waals surface area contributed by atoms with Gasteiger partial charge in [0.1, 0.15) is 0 Å². The van der Waals surface area contributed by atoms with Crippen molar-refractivity contribution in [1.29, 1.82) is 0 Å². The van der Waals surface area contributed by atoms with Crippen LogP contribution in [-0.2, 0) is 14.8 Å². The minimum atomic E-state index is -3.16. The van der Waals surface area contributed by atoms with Crippen molar-refractivity contribution < 1.29 is 13.2 Å². The minimum Gasteiger partial charge on any atom is -0.342 e. The molecule has 0 bridgehead atoms. The van der Waals surface area contributed by atoms with Gasteiger partial charge in [-0.2, -0.15) is 0 Å². The van der Waals surface area contributed by atoms with Gasteiger partial charge >= 0.3 is 0 Å². The second-order valence-electron chi connectivity index (χ2n) is 4.36. The fourth-order valence-corrected chi connectivity index (χ4v) is 1.67. The first kappa shape index (κ1) is 15.4. The van der Waals surface area contributed by atoms with Crippen LogP contribution < -0.4 is 4.72 Å². The van der Waals surface area contributed by atoms with E-state index in [-0.39, 0.29) is 12.5 Å². The Morgan fingerprint density at radius 1 is 1.31 bits per heavy atom. The van der Waals surface area contributed by atoms with Crippen molar-refractivity contribution >= 4 is 15.9 Å². The van der Waals surface area contributed by atoms with Crippen LogP contribution in [0, 0.1) is 5.92 Å². The lowest BCUT2D eigenvalue weighted by Crippen LogP contribution is -2.38. The van der Waals surface area contributed by atoms with Crippen LogP contribution in [0.15, 0.2) is 0 Å². The number of amides is 1. The van der Waals surface area contributed by atoms with Crippen LogP contribution in [0.3, 0.4) is 0 Å².